The van der Waals surface area contributed by atoms with Gasteiger partial charge in [-0.25, -0.2) is 0 Å². The molecule has 2 rings (SSSR count). The van der Waals surface area contributed by atoms with Crippen LogP contribution in [0.5, 0.6) is 0 Å². The molecule has 0 bridgehead atoms. The molecule has 0 aliphatic carbocycles. The Balaban J connectivity index is 2.38. The van der Waals surface area contributed by atoms with Crippen LogP contribution < -0.4 is 0 Å². The van der Waals surface area contributed by atoms with E-state index >= 15 is 0 Å². The third-order valence-electron chi connectivity index (χ3n) is 3.16. The largest absolute Gasteiger partial charge is 0.378 e. The van der Waals surface area contributed by atoms with Gasteiger partial charge in [0.25, 0.3) is 0 Å². The van der Waals surface area contributed by atoms with Crippen LogP contribution in [-0.2, 0) is 10.2 Å². The lowest BCUT2D eigenvalue weighted by atomic mass is 9.74. The molecule has 2 atom stereocenters. The van der Waals surface area contributed by atoms with E-state index in [0.29, 0.717) is 6.61 Å². The van der Waals surface area contributed by atoms with Gasteiger partial charge >= 0.3 is 0 Å². The summed E-state index contributed by atoms with van der Waals surface area (Å²) in [4.78, 5) is 0. The first kappa shape index (κ1) is 11.6. The lowest BCUT2D eigenvalue weighted by Crippen LogP contribution is -2.36. The van der Waals surface area contributed by atoms with Crippen molar-refractivity contribution in [3.63, 3.8) is 0 Å². The molecular weight excluding hydrogens is 266 g/mol. The maximum atomic E-state index is 9.48. The van der Waals surface area contributed by atoms with Crippen molar-refractivity contribution in [3.05, 3.63) is 34.3 Å². The minimum absolute atomic E-state index is 0.160. The Hall–Kier alpha value is -0.850. The van der Waals surface area contributed by atoms with Gasteiger partial charge in [0.15, 0.2) is 0 Å². The normalized spacial score (nSPS) is 29.7. The molecule has 1 aromatic rings. The summed E-state index contributed by atoms with van der Waals surface area (Å²) < 4.78 is 6.55. The van der Waals surface area contributed by atoms with Gasteiger partial charge in [0.05, 0.1) is 17.6 Å². The molecule has 0 aromatic heterocycles. The molecule has 1 aromatic carbocycles. The molecule has 3 heteroatoms. The molecule has 0 saturated carbocycles. The maximum absolute atomic E-state index is 9.48. The summed E-state index contributed by atoms with van der Waals surface area (Å²) in [5.74, 6) is 0. The minimum atomic E-state index is -0.374. The van der Waals surface area contributed by atoms with Crippen LogP contribution in [0.2, 0.25) is 0 Å². The first-order valence-corrected chi connectivity index (χ1v) is 6.24. The zero-order chi connectivity index (χ0) is 11.6. The van der Waals surface area contributed by atoms with Crippen molar-refractivity contribution in [3.8, 4) is 6.07 Å². The second kappa shape index (κ2) is 4.57. The second-order valence-electron chi connectivity index (χ2n) is 4.34. The summed E-state index contributed by atoms with van der Waals surface area (Å²) >= 11 is 3.46. The van der Waals surface area contributed by atoms with Crippen molar-refractivity contribution in [1.29, 1.82) is 5.26 Å². The zero-order valence-electron chi connectivity index (χ0n) is 9.24. The Morgan fingerprint density at radius 3 is 3.00 bits per heavy atom. The highest BCUT2D eigenvalue weighted by Gasteiger charge is 2.37. The Morgan fingerprint density at radius 1 is 1.56 bits per heavy atom. The van der Waals surface area contributed by atoms with E-state index in [9.17, 15) is 5.26 Å². The van der Waals surface area contributed by atoms with Crippen LogP contribution in [0.1, 0.15) is 25.3 Å². The van der Waals surface area contributed by atoms with E-state index in [1.807, 2.05) is 31.2 Å². The average Bonchev–Trinajstić information content (AvgIpc) is 2.29. The summed E-state index contributed by atoms with van der Waals surface area (Å²) in [6, 6.07) is 10.5. The van der Waals surface area contributed by atoms with E-state index in [4.69, 9.17) is 4.74 Å². The van der Waals surface area contributed by atoms with Crippen molar-refractivity contribution < 1.29 is 4.74 Å². The van der Waals surface area contributed by atoms with Crippen molar-refractivity contribution in [2.75, 3.05) is 6.61 Å². The van der Waals surface area contributed by atoms with Gasteiger partial charge in [-0.05, 0) is 37.5 Å². The fourth-order valence-electron chi connectivity index (χ4n) is 2.30. The summed E-state index contributed by atoms with van der Waals surface area (Å²) in [5, 5.41) is 9.48. The highest BCUT2D eigenvalue weighted by Crippen LogP contribution is 2.37. The number of hydrogen-bond donors (Lipinski definition) is 0. The molecule has 1 fully saturated rings. The third kappa shape index (κ3) is 2.14. The maximum Gasteiger partial charge on any atom is 0.0869 e. The Morgan fingerprint density at radius 2 is 2.38 bits per heavy atom. The second-order valence-corrected chi connectivity index (χ2v) is 5.26. The van der Waals surface area contributed by atoms with E-state index < -0.39 is 0 Å². The summed E-state index contributed by atoms with van der Waals surface area (Å²) in [5.41, 5.74) is 0.723. The van der Waals surface area contributed by atoms with Crippen LogP contribution in [0.25, 0.3) is 0 Å². The van der Waals surface area contributed by atoms with Crippen molar-refractivity contribution in [2.24, 2.45) is 0 Å². The number of benzene rings is 1. The molecule has 2 unspecified atom stereocenters. The van der Waals surface area contributed by atoms with E-state index in [0.717, 1.165) is 22.9 Å². The summed E-state index contributed by atoms with van der Waals surface area (Å²) in [6.07, 6.45) is 1.72. The van der Waals surface area contributed by atoms with Gasteiger partial charge in [0.2, 0.25) is 0 Å². The molecule has 0 radical (unpaired) electrons. The van der Waals surface area contributed by atoms with Gasteiger partial charge < -0.3 is 4.74 Å². The van der Waals surface area contributed by atoms with Crippen molar-refractivity contribution in [2.45, 2.75) is 31.3 Å². The summed E-state index contributed by atoms with van der Waals surface area (Å²) in [7, 11) is 0. The molecular formula is C13H14BrNO. The molecule has 1 saturated heterocycles. The predicted octanol–water partition coefficient (Wildman–Crippen LogP) is 3.41. The molecule has 16 heavy (non-hydrogen) atoms. The molecule has 2 nitrogen and oxygen atoms in total. The quantitative estimate of drug-likeness (QED) is 0.789. The smallest absolute Gasteiger partial charge is 0.0869 e. The van der Waals surface area contributed by atoms with Crippen LogP contribution in [0.15, 0.2) is 28.7 Å². The summed E-state index contributed by atoms with van der Waals surface area (Å²) in [6.45, 7) is 2.70. The first-order chi connectivity index (χ1) is 7.66. The predicted molar refractivity (Wildman–Crippen MR) is 66.1 cm³/mol. The van der Waals surface area contributed by atoms with Crippen LogP contribution in [0.3, 0.4) is 0 Å². The number of halogens is 1. The molecule has 0 N–H and O–H groups in total. The van der Waals surface area contributed by atoms with Gasteiger partial charge in [-0.2, -0.15) is 5.26 Å². The van der Waals surface area contributed by atoms with E-state index in [1.165, 1.54) is 0 Å². The Labute approximate surface area is 104 Å². The highest BCUT2D eigenvalue weighted by atomic mass is 79.9. The van der Waals surface area contributed by atoms with Gasteiger partial charge in [0.1, 0.15) is 0 Å². The third-order valence-corrected chi connectivity index (χ3v) is 3.65. The van der Waals surface area contributed by atoms with Gasteiger partial charge in [-0.3, -0.25) is 0 Å². The fraction of sp³-hybridized carbons (Fsp3) is 0.462. The number of rotatable bonds is 1. The van der Waals surface area contributed by atoms with Crippen molar-refractivity contribution >= 4 is 15.9 Å². The zero-order valence-corrected chi connectivity index (χ0v) is 10.8. The van der Waals surface area contributed by atoms with Gasteiger partial charge in [-0.1, -0.05) is 28.1 Å². The molecule has 0 amide bonds. The number of nitrogens with zero attached hydrogens (tertiary/aromatic N) is 1. The van der Waals surface area contributed by atoms with Crippen molar-refractivity contribution in [1.82, 2.24) is 0 Å². The molecule has 84 valence electrons. The Bertz CT molecular complexity index is 426. The standard InChI is InChI=1S/C13H14BrNO/c1-10-8-13(9-15,5-6-16-10)11-3-2-4-12(14)7-11/h2-4,7,10H,5-6,8H2,1H3. The van der Waals surface area contributed by atoms with Gasteiger partial charge in [-0.15, -0.1) is 0 Å². The molecule has 1 heterocycles. The fourth-order valence-corrected chi connectivity index (χ4v) is 2.70. The van der Waals surface area contributed by atoms with Crippen LogP contribution in [0.4, 0.5) is 0 Å². The topological polar surface area (TPSA) is 33.0 Å². The Kier molecular flexibility index (Phi) is 3.32. The monoisotopic (exact) mass is 279 g/mol. The average molecular weight is 280 g/mol. The molecule has 1 aliphatic heterocycles. The highest BCUT2D eigenvalue weighted by molar-refractivity contribution is 9.10. The van der Waals surface area contributed by atoms with Gasteiger partial charge in [0, 0.05) is 11.1 Å². The van der Waals surface area contributed by atoms with Crippen LogP contribution in [0, 0.1) is 11.3 Å². The lowest BCUT2D eigenvalue weighted by molar-refractivity contribution is 0.00352. The SMILES string of the molecule is CC1CC(C#N)(c2cccc(Br)c2)CCO1. The lowest BCUT2D eigenvalue weighted by Gasteiger charge is -2.34. The minimum Gasteiger partial charge on any atom is -0.378 e. The first-order valence-electron chi connectivity index (χ1n) is 5.45. The van der Waals surface area contributed by atoms with E-state index in [-0.39, 0.29) is 11.5 Å². The van der Waals surface area contributed by atoms with E-state index in [2.05, 4.69) is 22.0 Å². The number of ether oxygens (including phenoxy) is 1. The van der Waals surface area contributed by atoms with Crippen LogP contribution >= 0.6 is 15.9 Å². The number of nitriles is 1. The van der Waals surface area contributed by atoms with E-state index in [1.54, 1.807) is 0 Å². The number of hydrogen-bond acceptors (Lipinski definition) is 2. The van der Waals surface area contributed by atoms with Crippen LogP contribution in [-0.4, -0.2) is 12.7 Å². The molecule has 0 spiro atoms. The molecule has 1 aliphatic rings.